The lowest BCUT2D eigenvalue weighted by Crippen LogP contribution is -2.37. The standard InChI is InChI=1S/C13H20N2O4/c1-19-13(18)7-6-11(16)14-8-10-15-9-4-2-3-5-12(15)17/h6-7H,2-5,8-10H2,1H3,(H,14,16)/b7-6-. The van der Waals surface area contributed by atoms with Gasteiger partial charge in [0.2, 0.25) is 11.8 Å². The van der Waals surface area contributed by atoms with Gasteiger partial charge in [-0.15, -0.1) is 0 Å². The minimum atomic E-state index is -0.571. The summed E-state index contributed by atoms with van der Waals surface area (Å²) in [6.07, 6.45) is 5.82. The van der Waals surface area contributed by atoms with E-state index >= 15 is 0 Å². The van der Waals surface area contributed by atoms with E-state index in [9.17, 15) is 14.4 Å². The van der Waals surface area contributed by atoms with Crippen LogP contribution in [-0.2, 0) is 19.1 Å². The molecule has 0 aromatic heterocycles. The molecular weight excluding hydrogens is 248 g/mol. The van der Waals surface area contributed by atoms with E-state index in [1.54, 1.807) is 4.90 Å². The highest BCUT2D eigenvalue weighted by atomic mass is 16.5. The lowest BCUT2D eigenvalue weighted by atomic mass is 10.2. The zero-order valence-corrected chi connectivity index (χ0v) is 11.2. The fourth-order valence-corrected chi connectivity index (χ4v) is 1.86. The van der Waals surface area contributed by atoms with Crippen LogP contribution in [0, 0.1) is 0 Å². The van der Waals surface area contributed by atoms with Gasteiger partial charge in [0.1, 0.15) is 0 Å². The second-order valence-corrected chi connectivity index (χ2v) is 4.34. The van der Waals surface area contributed by atoms with Crippen LogP contribution in [0.3, 0.4) is 0 Å². The molecule has 0 aliphatic carbocycles. The molecular formula is C13H20N2O4. The summed E-state index contributed by atoms with van der Waals surface area (Å²) in [6, 6.07) is 0. The minimum Gasteiger partial charge on any atom is -0.466 e. The third-order valence-corrected chi connectivity index (χ3v) is 2.92. The summed E-state index contributed by atoms with van der Waals surface area (Å²) in [4.78, 5) is 35.6. The molecule has 19 heavy (non-hydrogen) atoms. The Kier molecular flexibility index (Phi) is 6.63. The highest BCUT2D eigenvalue weighted by molar-refractivity contribution is 5.94. The van der Waals surface area contributed by atoms with E-state index in [1.807, 2.05) is 0 Å². The quantitative estimate of drug-likeness (QED) is 0.572. The lowest BCUT2D eigenvalue weighted by Gasteiger charge is -2.20. The van der Waals surface area contributed by atoms with Gasteiger partial charge in [-0.2, -0.15) is 0 Å². The van der Waals surface area contributed by atoms with Gasteiger partial charge < -0.3 is 15.0 Å². The number of nitrogens with zero attached hydrogens (tertiary/aromatic N) is 1. The molecule has 1 N–H and O–H groups in total. The van der Waals surface area contributed by atoms with Crippen LogP contribution in [-0.4, -0.2) is 49.4 Å². The molecule has 0 atom stereocenters. The molecule has 6 nitrogen and oxygen atoms in total. The Hall–Kier alpha value is -1.85. The maximum Gasteiger partial charge on any atom is 0.330 e. The number of ether oxygens (including phenoxy) is 1. The number of hydrogen-bond acceptors (Lipinski definition) is 4. The molecule has 1 saturated heterocycles. The molecule has 1 heterocycles. The minimum absolute atomic E-state index is 0.150. The number of hydrogen-bond donors (Lipinski definition) is 1. The van der Waals surface area contributed by atoms with Gasteiger partial charge in [0.25, 0.3) is 0 Å². The number of carbonyl (C=O) groups excluding carboxylic acids is 3. The van der Waals surface area contributed by atoms with Crippen LogP contribution >= 0.6 is 0 Å². The van der Waals surface area contributed by atoms with E-state index in [0.717, 1.165) is 38.0 Å². The van der Waals surface area contributed by atoms with Crippen molar-refractivity contribution in [3.8, 4) is 0 Å². The van der Waals surface area contributed by atoms with E-state index in [1.165, 1.54) is 7.11 Å². The van der Waals surface area contributed by atoms with Crippen LogP contribution in [0.25, 0.3) is 0 Å². The largest absolute Gasteiger partial charge is 0.466 e. The summed E-state index contributed by atoms with van der Waals surface area (Å²) >= 11 is 0. The molecule has 6 heteroatoms. The molecule has 0 bridgehead atoms. The first kappa shape index (κ1) is 15.2. The monoisotopic (exact) mass is 268 g/mol. The molecule has 106 valence electrons. The van der Waals surface area contributed by atoms with E-state index in [2.05, 4.69) is 10.1 Å². The number of likely N-dealkylation sites (tertiary alicyclic amines) is 1. The van der Waals surface area contributed by atoms with Gasteiger partial charge in [-0.3, -0.25) is 9.59 Å². The summed E-state index contributed by atoms with van der Waals surface area (Å²) in [5.41, 5.74) is 0. The van der Waals surface area contributed by atoms with Gasteiger partial charge in [-0.1, -0.05) is 6.42 Å². The van der Waals surface area contributed by atoms with Crippen molar-refractivity contribution in [2.75, 3.05) is 26.7 Å². The van der Waals surface area contributed by atoms with Crippen molar-refractivity contribution in [1.29, 1.82) is 0 Å². The molecule has 1 rings (SSSR count). The highest BCUT2D eigenvalue weighted by Crippen LogP contribution is 2.10. The fraction of sp³-hybridized carbons (Fsp3) is 0.615. The molecule has 1 aliphatic rings. The summed E-state index contributed by atoms with van der Waals surface area (Å²) < 4.78 is 4.37. The number of carbonyl (C=O) groups is 3. The van der Waals surface area contributed by atoms with Crippen LogP contribution in [0.5, 0.6) is 0 Å². The zero-order valence-electron chi connectivity index (χ0n) is 11.2. The van der Waals surface area contributed by atoms with Crippen LogP contribution in [0.4, 0.5) is 0 Å². The maximum atomic E-state index is 11.7. The third-order valence-electron chi connectivity index (χ3n) is 2.92. The topological polar surface area (TPSA) is 75.7 Å². The van der Waals surface area contributed by atoms with Gasteiger partial charge in [0.15, 0.2) is 0 Å². The number of esters is 1. The van der Waals surface area contributed by atoms with Crippen molar-refractivity contribution in [3.63, 3.8) is 0 Å². The number of nitrogens with one attached hydrogen (secondary N) is 1. The first-order chi connectivity index (χ1) is 9.13. The third kappa shape index (κ3) is 6.03. The van der Waals surface area contributed by atoms with Crippen molar-refractivity contribution in [2.45, 2.75) is 25.7 Å². The Balaban J connectivity index is 2.25. The second-order valence-electron chi connectivity index (χ2n) is 4.34. The summed E-state index contributed by atoms with van der Waals surface area (Å²) in [6.45, 7) is 1.65. The Bertz CT molecular complexity index is 366. The van der Waals surface area contributed by atoms with Crippen LogP contribution < -0.4 is 5.32 Å². The first-order valence-electron chi connectivity index (χ1n) is 6.45. The van der Waals surface area contributed by atoms with Gasteiger partial charge in [-0.05, 0) is 12.8 Å². The smallest absolute Gasteiger partial charge is 0.330 e. The van der Waals surface area contributed by atoms with Gasteiger partial charge in [-0.25, -0.2) is 4.79 Å². The van der Waals surface area contributed by atoms with E-state index in [0.29, 0.717) is 19.5 Å². The van der Waals surface area contributed by atoms with Crippen LogP contribution in [0.15, 0.2) is 12.2 Å². The Morgan fingerprint density at radius 2 is 2.11 bits per heavy atom. The molecule has 0 unspecified atom stereocenters. The van der Waals surface area contributed by atoms with Crippen molar-refractivity contribution < 1.29 is 19.1 Å². The van der Waals surface area contributed by atoms with Crippen LogP contribution in [0.1, 0.15) is 25.7 Å². The average Bonchev–Trinajstić information content (AvgIpc) is 2.61. The SMILES string of the molecule is COC(=O)/C=C\C(=O)NCCN1CCCCCC1=O. The Morgan fingerprint density at radius 1 is 1.32 bits per heavy atom. The number of amides is 2. The summed E-state index contributed by atoms with van der Waals surface area (Å²) in [5, 5.41) is 2.62. The molecule has 0 aromatic rings. The molecule has 1 aliphatic heterocycles. The number of methoxy groups -OCH3 is 1. The predicted octanol–water partition coefficient (Wildman–Crippen LogP) is 0.234. The Morgan fingerprint density at radius 3 is 2.84 bits per heavy atom. The fourth-order valence-electron chi connectivity index (χ4n) is 1.86. The highest BCUT2D eigenvalue weighted by Gasteiger charge is 2.15. The van der Waals surface area contributed by atoms with Crippen molar-refractivity contribution in [3.05, 3.63) is 12.2 Å². The van der Waals surface area contributed by atoms with E-state index in [-0.39, 0.29) is 11.8 Å². The van der Waals surface area contributed by atoms with E-state index < -0.39 is 5.97 Å². The zero-order chi connectivity index (χ0) is 14.1. The van der Waals surface area contributed by atoms with Crippen molar-refractivity contribution in [2.24, 2.45) is 0 Å². The van der Waals surface area contributed by atoms with Crippen molar-refractivity contribution >= 4 is 17.8 Å². The molecule has 0 aromatic carbocycles. The average molecular weight is 268 g/mol. The van der Waals surface area contributed by atoms with Gasteiger partial charge in [0.05, 0.1) is 7.11 Å². The molecule has 0 radical (unpaired) electrons. The Labute approximate surface area is 112 Å². The predicted molar refractivity (Wildman–Crippen MR) is 69.2 cm³/mol. The molecule has 2 amide bonds. The second kappa shape index (κ2) is 8.29. The summed E-state index contributed by atoms with van der Waals surface area (Å²) in [5.74, 6) is -0.789. The first-order valence-corrected chi connectivity index (χ1v) is 6.45. The summed E-state index contributed by atoms with van der Waals surface area (Å²) in [7, 11) is 1.25. The molecule has 0 spiro atoms. The van der Waals surface area contributed by atoms with E-state index in [4.69, 9.17) is 0 Å². The maximum absolute atomic E-state index is 11.7. The molecule has 1 fully saturated rings. The lowest BCUT2D eigenvalue weighted by molar-refractivity contribution is -0.135. The van der Waals surface area contributed by atoms with Gasteiger partial charge >= 0.3 is 5.97 Å². The van der Waals surface area contributed by atoms with Gasteiger partial charge in [0, 0.05) is 38.2 Å². The molecule has 0 saturated carbocycles. The normalized spacial score (nSPS) is 16.3. The van der Waals surface area contributed by atoms with Crippen LogP contribution in [0.2, 0.25) is 0 Å². The van der Waals surface area contributed by atoms with Crippen molar-refractivity contribution in [1.82, 2.24) is 10.2 Å². The number of rotatable bonds is 5.